The normalized spacial score (nSPS) is 13.2. The van der Waals surface area contributed by atoms with E-state index >= 15 is 0 Å². The van der Waals surface area contributed by atoms with Gasteiger partial charge in [0.1, 0.15) is 5.75 Å². The summed E-state index contributed by atoms with van der Waals surface area (Å²) in [5.74, 6) is 0.569. The number of hydrogen-bond acceptors (Lipinski definition) is 3. The molecule has 5 nitrogen and oxygen atoms in total. The molecule has 0 bridgehead atoms. The zero-order valence-corrected chi connectivity index (χ0v) is 13.8. The number of nitrogens with zero attached hydrogens (tertiary/aromatic N) is 1. The van der Waals surface area contributed by atoms with Gasteiger partial charge in [0.15, 0.2) is 0 Å². The number of benzene rings is 2. The first-order valence-corrected chi connectivity index (χ1v) is 7.95. The van der Waals surface area contributed by atoms with Crippen LogP contribution < -0.4 is 15.0 Å². The highest BCUT2D eigenvalue weighted by Crippen LogP contribution is 2.32. The van der Waals surface area contributed by atoms with Gasteiger partial charge in [-0.05, 0) is 48.7 Å². The molecule has 2 aromatic carbocycles. The third-order valence-corrected chi connectivity index (χ3v) is 4.11. The molecule has 3 rings (SSSR count). The molecular weight excluding hydrogens is 304 g/mol. The Labute approximate surface area is 141 Å². The van der Waals surface area contributed by atoms with Crippen molar-refractivity contribution in [3.63, 3.8) is 0 Å². The Balaban J connectivity index is 1.87. The zero-order valence-electron chi connectivity index (χ0n) is 13.8. The second kappa shape index (κ2) is 6.74. The van der Waals surface area contributed by atoms with Crippen LogP contribution in [-0.2, 0) is 11.2 Å². The van der Waals surface area contributed by atoms with Crippen molar-refractivity contribution in [3.05, 3.63) is 53.6 Å². The molecule has 2 aromatic rings. The van der Waals surface area contributed by atoms with E-state index in [1.165, 1.54) is 6.92 Å². The number of nitrogens with one attached hydrogen (secondary N) is 1. The minimum atomic E-state index is -0.133. The van der Waals surface area contributed by atoms with Crippen LogP contribution in [0.25, 0.3) is 0 Å². The summed E-state index contributed by atoms with van der Waals surface area (Å²) < 4.78 is 5.29. The van der Waals surface area contributed by atoms with Gasteiger partial charge in [0.25, 0.3) is 5.91 Å². The van der Waals surface area contributed by atoms with Crippen LogP contribution in [0.2, 0.25) is 0 Å². The third kappa shape index (κ3) is 3.25. The van der Waals surface area contributed by atoms with E-state index in [0.717, 1.165) is 29.8 Å². The molecule has 0 aliphatic carbocycles. The molecule has 0 saturated carbocycles. The first-order valence-electron chi connectivity index (χ1n) is 7.95. The first kappa shape index (κ1) is 16.1. The molecule has 24 heavy (non-hydrogen) atoms. The van der Waals surface area contributed by atoms with Crippen LogP contribution in [0, 0.1) is 0 Å². The van der Waals surface area contributed by atoms with Crippen molar-refractivity contribution in [3.8, 4) is 5.75 Å². The van der Waals surface area contributed by atoms with Gasteiger partial charge in [-0.3, -0.25) is 9.59 Å². The predicted octanol–water partition coefficient (Wildman–Crippen LogP) is 3.25. The predicted molar refractivity (Wildman–Crippen MR) is 93.7 cm³/mol. The van der Waals surface area contributed by atoms with Crippen LogP contribution in [0.4, 0.5) is 11.4 Å². The summed E-state index contributed by atoms with van der Waals surface area (Å²) in [5, 5.41) is 2.70. The summed E-state index contributed by atoms with van der Waals surface area (Å²) in [7, 11) is 1.62. The van der Waals surface area contributed by atoms with E-state index in [9.17, 15) is 9.59 Å². The van der Waals surface area contributed by atoms with Crippen LogP contribution >= 0.6 is 0 Å². The van der Waals surface area contributed by atoms with Gasteiger partial charge in [0.2, 0.25) is 5.91 Å². The van der Waals surface area contributed by atoms with Crippen molar-refractivity contribution in [1.29, 1.82) is 0 Å². The largest absolute Gasteiger partial charge is 0.497 e. The van der Waals surface area contributed by atoms with E-state index in [4.69, 9.17) is 4.74 Å². The fourth-order valence-corrected chi connectivity index (χ4v) is 2.95. The van der Waals surface area contributed by atoms with E-state index in [2.05, 4.69) is 5.32 Å². The average molecular weight is 324 g/mol. The van der Waals surface area contributed by atoms with Gasteiger partial charge >= 0.3 is 0 Å². The van der Waals surface area contributed by atoms with Crippen LogP contribution in [0.15, 0.2) is 42.5 Å². The Bertz CT molecular complexity index is 769. The van der Waals surface area contributed by atoms with Crippen LogP contribution in [-0.4, -0.2) is 25.5 Å². The fraction of sp³-hybridized carbons (Fsp3) is 0.263. The topological polar surface area (TPSA) is 58.6 Å². The average Bonchev–Trinajstić information content (AvgIpc) is 2.60. The van der Waals surface area contributed by atoms with Crippen molar-refractivity contribution in [1.82, 2.24) is 0 Å². The summed E-state index contributed by atoms with van der Waals surface area (Å²) in [6, 6.07) is 12.8. The Hall–Kier alpha value is -2.82. The van der Waals surface area contributed by atoms with E-state index < -0.39 is 0 Å². The SMILES string of the molecule is COc1ccc2c(c1)N(C(=O)c1ccc(NC(C)=O)cc1)CCC2. The molecule has 0 atom stereocenters. The minimum absolute atomic E-state index is 0.0430. The molecule has 1 aliphatic rings. The maximum atomic E-state index is 12.9. The molecule has 0 aromatic heterocycles. The molecule has 1 N–H and O–H groups in total. The summed E-state index contributed by atoms with van der Waals surface area (Å²) in [4.78, 5) is 25.8. The van der Waals surface area contributed by atoms with Gasteiger partial charge in [-0.2, -0.15) is 0 Å². The van der Waals surface area contributed by atoms with E-state index in [1.807, 2.05) is 18.2 Å². The maximum Gasteiger partial charge on any atom is 0.258 e. The summed E-state index contributed by atoms with van der Waals surface area (Å²) in [6.07, 6.45) is 1.90. The van der Waals surface area contributed by atoms with Gasteiger partial charge in [-0.1, -0.05) is 6.07 Å². The minimum Gasteiger partial charge on any atom is -0.497 e. The second-order valence-corrected chi connectivity index (χ2v) is 5.81. The molecular formula is C19H20N2O3. The number of rotatable bonds is 3. The molecule has 124 valence electrons. The van der Waals surface area contributed by atoms with Gasteiger partial charge in [-0.25, -0.2) is 0 Å². The highest BCUT2D eigenvalue weighted by atomic mass is 16.5. The van der Waals surface area contributed by atoms with Gasteiger partial charge in [0, 0.05) is 30.8 Å². The number of hydrogen-bond donors (Lipinski definition) is 1. The molecule has 0 radical (unpaired) electrons. The van der Waals surface area contributed by atoms with Gasteiger partial charge in [-0.15, -0.1) is 0 Å². The van der Waals surface area contributed by atoms with Crippen molar-refractivity contribution < 1.29 is 14.3 Å². The van der Waals surface area contributed by atoms with Crippen LogP contribution in [0.3, 0.4) is 0 Å². The number of methoxy groups -OCH3 is 1. The highest BCUT2D eigenvalue weighted by Gasteiger charge is 2.24. The molecule has 0 saturated heterocycles. The number of amides is 2. The number of carbonyl (C=O) groups is 2. The highest BCUT2D eigenvalue weighted by molar-refractivity contribution is 6.07. The number of fused-ring (bicyclic) bond motifs is 1. The Morgan fingerprint density at radius 2 is 1.88 bits per heavy atom. The summed E-state index contributed by atoms with van der Waals surface area (Å²) in [5.41, 5.74) is 3.35. The van der Waals surface area contributed by atoms with E-state index in [-0.39, 0.29) is 11.8 Å². The maximum absolute atomic E-state index is 12.9. The zero-order chi connectivity index (χ0) is 17.1. The smallest absolute Gasteiger partial charge is 0.258 e. The standard InChI is InChI=1S/C19H20N2O3/c1-13(22)20-16-8-5-15(6-9-16)19(23)21-11-3-4-14-7-10-17(24-2)12-18(14)21/h5-10,12H,3-4,11H2,1-2H3,(H,20,22). The summed E-state index contributed by atoms with van der Waals surface area (Å²) >= 11 is 0. The van der Waals surface area contributed by atoms with E-state index in [0.29, 0.717) is 17.8 Å². The Kier molecular flexibility index (Phi) is 4.51. The number of ether oxygens (including phenoxy) is 1. The van der Waals surface area contributed by atoms with Crippen molar-refractivity contribution in [2.24, 2.45) is 0 Å². The van der Waals surface area contributed by atoms with Gasteiger partial charge in [0.05, 0.1) is 12.8 Å². The molecule has 0 fully saturated rings. The second-order valence-electron chi connectivity index (χ2n) is 5.81. The lowest BCUT2D eigenvalue weighted by Gasteiger charge is -2.30. The third-order valence-electron chi connectivity index (χ3n) is 4.11. The number of aryl methyl sites for hydroxylation is 1. The monoisotopic (exact) mass is 324 g/mol. The van der Waals surface area contributed by atoms with Crippen molar-refractivity contribution in [2.45, 2.75) is 19.8 Å². The number of anilines is 2. The molecule has 0 unspecified atom stereocenters. The Morgan fingerprint density at radius 1 is 1.12 bits per heavy atom. The van der Waals surface area contributed by atoms with Crippen LogP contribution in [0.5, 0.6) is 5.75 Å². The molecule has 0 spiro atoms. The van der Waals surface area contributed by atoms with E-state index in [1.54, 1.807) is 36.3 Å². The van der Waals surface area contributed by atoms with Gasteiger partial charge < -0.3 is 15.0 Å². The lowest BCUT2D eigenvalue weighted by atomic mass is 10.0. The summed E-state index contributed by atoms with van der Waals surface area (Å²) in [6.45, 7) is 2.14. The van der Waals surface area contributed by atoms with Crippen molar-refractivity contribution in [2.75, 3.05) is 23.9 Å². The molecule has 5 heteroatoms. The number of carbonyl (C=O) groups excluding carboxylic acids is 2. The van der Waals surface area contributed by atoms with Crippen LogP contribution in [0.1, 0.15) is 29.3 Å². The first-order chi connectivity index (χ1) is 11.6. The lowest BCUT2D eigenvalue weighted by molar-refractivity contribution is -0.114. The quantitative estimate of drug-likeness (QED) is 0.943. The molecule has 2 amide bonds. The Morgan fingerprint density at radius 3 is 2.54 bits per heavy atom. The fourth-order valence-electron chi connectivity index (χ4n) is 2.95. The molecule has 1 heterocycles. The molecule has 1 aliphatic heterocycles. The van der Waals surface area contributed by atoms with Crippen molar-refractivity contribution >= 4 is 23.2 Å². The lowest BCUT2D eigenvalue weighted by Crippen LogP contribution is -2.35.